The van der Waals surface area contributed by atoms with Crippen LogP contribution >= 0.6 is 0 Å². The minimum absolute atomic E-state index is 0.277. The Labute approximate surface area is 146 Å². The van der Waals surface area contributed by atoms with Gasteiger partial charge in [0.15, 0.2) is 5.49 Å². The quantitative estimate of drug-likeness (QED) is 0.608. The van der Waals surface area contributed by atoms with E-state index in [1.54, 1.807) is 0 Å². The van der Waals surface area contributed by atoms with Crippen molar-refractivity contribution in [1.29, 1.82) is 5.41 Å². The van der Waals surface area contributed by atoms with Crippen molar-refractivity contribution in [3.05, 3.63) is 89.2 Å². The van der Waals surface area contributed by atoms with Gasteiger partial charge in [-0.25, -0.2) is 0 Å². The van der Waals surface area contributed by atoms with E-state index >= 15 is 0 Å². The van der Waals surface area contributed by atoms with E-state index in [1.807, 2.05) is 36.7 Å². The third-order valence-corrected chi connectivity index (χ3v) is 4.33. The van der Waals surface area contributed by atoms with Crippen molar-refractivity contribution in [3.8, 4) is 11.3 Å². The third-order valence-electron chi connectivity index (χ3n) is 4.33. The molecule has 1 N–H and O–H groups in total. The lowest BCUT2D eigenvalue weighted by molar-refractivity contribution is 0.805. The molecule has 0 atom stereocenters. The molecule has 0 unspecified atom stereocenters. The highest BCUT2D eigenvalue weighted by Crippen LogP contribution is 2.19. The first kappa shape index (κ1) is 15.4. The predicted octanol–water partition coefficient (Wildman–Crippen LogP) is 3.95. The van der Waals surface area contributed by atoms with E-state index < -0.39 is 0 Å². The Balaban J connectivity index is 1.84. The molecule has 0 saturated carbocycles. The van der Waals surface area contributed by atoms with Crippen molar-refractivity contribution in [2.24, 2.45) is 0 Å². The molecule has 4 aromatic rings. The average molecular weight is 328 g/mol. The van der Waals surface area contributed by atoms with Gasteiger partial charge in [0, 0.05) is 18.5 Å². The van der Waals surface area contributed by atoms with Crippen LogP contribution in [0.1, 0.15) is 16.7 Å². The molecule has 2 aromatic heterocycles. The standard InChI is InChI=1S/C21H20N4/c1-15-10-16(2)12-17(11-15)14-24-8-9-25-19(13-20(22)23-21(24)25)18-6-4-3-5-7-18/h3-13,22H,14H2,1-2H3. The molecule has 0 aliphatic carbocycles. The molecule has 2 aromatic carbocycles. The Morgan fingerprint density at radius 1 is 0.920 bits per heavy atom. The van der Waals surface area contributed by atoms with Crippen LogP contribution in [0.3, 0.4) is 0 Å². The summed E-state index contributed by atoms with van der Waals surface area (Å²) in [7, 11) is 0. The molecule has 0 spiro atoms. The van der Waals surface area contributed by atoms with Crippen LogP contribution in [-0.2, 0) is 6.54 Å². The number of aromatic nitrogens is 3. The van der Waals surface area contributed by atoms with Gasteiger partial charge in [0.05, 0.1) is 12.2 Å². The smallest absolute Gasteiger partial charge is 0.216 e. The number of benzene rings is 2. The van der Waals surface area contributed by atoms with Crippen molar-refractivity contribution >= 4 is 5.78 Å². The van der Waals surface area contributed by atoms with E-state index in [4.69, 9.17) is 5.41 Å². The average Bonchev–Trinajstić information content (AvgIpc) is 2.97. The molecule has 25 heavy (non-hydrogen) atoms. The van der Waals surface area contributed by atoms with Crippen LogP contribution in [0.25, 0.3) is 17.0 Å². The van der Waals surface area contributed by atoms with Crippen LogP contribution in [0, 0.1) is 19.3 Å². The summed E-state index contributed by atoms with van der Waals surface area (Å²) >= 11 is 0. The molecular weight excluding hydrogens is 308 g/mol. The van der Waals surface area contributed by atoms with E-state index in [2.05, 4.69) is 58.1 Å². The lowest BCUT2D eigenvalue weighted by Crippen LogP contribution is -2.12. The summed E-state index contributed by atoms with van der Waals surface area (Å²) in [6.45, 7) is 4.98. The first-order valence-electron chi connectivity index (χ1n) is 8.36. The number of aryl methyl sites for hydroxylation is 2. The van der Waals surface area contributed by atoms with Gasteiger partial charge in [-0.1, -0.05) is 59.7 Å². The van der Waals surface area contributed by atoms with Crippen LogP contribution in [0.4, 0.5) is 0 Å². The second-order valence-electron chi connectivity index (χ2n) is 6.48. The summed E-state index contributed by atoms with van der Waals surface area (Å²) < 4.78 is 4.15. The SMILES string of the molecule is Cc1cc(C)cc(Cn2ccn3c(-c4ccccc4)cc(=N)nc23)c1. The van der Waals surface area contributed by atoms with Gasteiger partial charge >= 0.3 is 0 Å². The summed E-state index contributed by atoms with van der Waals surface area (Å²) in [6.07, 6.45) is 4.05. The van der Waals surface area contributed by atoms with Crippen molar-refractivity contribution in [3.63, 3.8) is 0 Å². The maximum Gasteiger partial charge on any atom is 0.216 e. The van der Waals surface area contributed by atoms with E-state index in [-0.39, 0.29) is 5.49 Å². The van der Waals surface area contributed by atoms with Gasteiger partial charge in [0.1, 0.15) is 0 Å². The van der Waals surface area contributed by atoms with E-state index in [0.29, 0.717) is 0 Å². The van der Waals surface area contributed by atoms with Gasteiger partial charge in [-0.05, 0) is 25.0 Å². The monoisotopic (exact) mass is 328 g/mol. The number of rotatable bonds is 3. The molecule has 0 amide bonds. The van der Waals surface area contributed by atoms with Crippen molar-refractivity contribution in [2.75, 3.05) is 0 Å². The number of nitrogens with zero attached hydrogens (tertiary/aromatic N) is 3. The van der Waals surface area contributed by atoms with Crippen LogP contribution in [-0.4, -0.2) is 14.0 Å². The minimum Gasteiger partial charge on any atom is -0.312 e. The Bertz CT molecular complexity index is 1080. The van der Waals surface area contributed by atoms with Gasteiger partial charge in [-0.3, -0.25) is 9.81 Å². The first-order chi connectivity index (χ1) is 12.1. The summed E-state index contributed by atoms with van der Waals surface area (Å²) in [5.41, 5.74) is 6.11. The van der Waals surface area contributed by atoms with Crippen LogP contribution < -0.4 is 5.49 Å². The van der Waals surface area contributed by atoms with Crippen LogP contribution in [0.15, 0.2) is 67.0 Å². The molecule has 0 fully saturated rings. The van der Waals surface area contributed by atoms with E-state index in [0.717, 1.165) is 23.6 Å². The molecule has 4 heteroatoms. The van der Waals surface area contributed by atoms with Gasteiger partial charge in [-0.15, -0.1) is 0 Å². The molecule has 0 saturated heterocycles. The third kappa shape index (κ3) is 2.98. The van der Waals surface area contributed by atoms with Gasteiger partial charge in [0.25, 0.3) is 0 Å². The zero-order valence-electron chi connectivity index (χ0n) is 14.4. The number of nitrogens with one attached hydrogen (secondary N) is 1. The number of hydrogen-bond acceptors (Lipinski definition) is 2. The Morgan fingerprint density at radius 2 is 1.64 bits per heavy atom. The fraction of sp³-hybridized carbons (Fsp3) is 0.143. The van der Waals surface area contributed by atoms with Gasteiger partial charge in [-0.2, -0.15) is 4.98 Å². The minimum atomic E-state index is 0.277. The van der Waals surface area contributed by atoms with E-state index in [1.165, 1.54) is 16.7 Å². The highest BCUT2D eigenvalue weighted by atomic mass is 15.2. The molecule has 0 aliphatic rings. The lowest BCUT2D eigenvalue weighted by Gasteiger charge is -2.09. The lowest BCUT2D eigenvalue weighted by atomic mass is 10.1. The second kappa shape index (κ2) is 6.06. The van der Waals surface area contributed by atoms with Gasteiger partial charge < -0.3 is 4.57 Å². The fourth-order valence-electron chi connectivity index (χ4n) is 3.38. The molecular formula is C21H20N4. The Morgan fingerprint density at radius 3 is 2.36 bits per heavy atom. The number of imidazole rings is 1. The first-order valence-corrected chi connectivity index (χ1v) is 8.36. The van der Waals surface area contributed by atoms with Gasteiger partial charge in [0.2, 0.25) is 5.78 Å². The van der Waals surface area contributed by atoms with Crippen molar-refractivity contribution in [2.45, 2.75) is 20.4 Å². The predicted molar refractivity (Wildman–Crippen MR) is 99.5 cm³/mol. The molecule has 0 radical (unpaired) electrons. The largest absolute Gasteiger partial charge is 0.312 e. The van der Waals surface area contributed by atoms with Crippen molar-refractivity contribution in [1.82, 2.24) is 14.0 Å². The molecule has 0 bridgehead atoms. The topological polar surface area (TPSA) is 46.1 Å². The van der Waals surface area contributed by atoms with Crippen LogP contribution in [0.5, 0.6) is 0 Å². The zero-order chi connectivity index (χ0) is 17.4. The molecule has 124 valence electrons. The zero-order valence-corrected chi connectivity index (χ0v) is 14.4. The van der Waals surface area contributed by atoms with Crippen LogP contribution in [0.2, 0.25) is 0 Å². The number of fused-ring (bicyclic) bond motifs is 1. The normalized spacial score (nSPS) is 11.1. The highest BCUT2D eigenvalue weighted by molar-refractivity contribution is 5.61. The Kier molecular flexibility index (Phi) is 3.73. The molecule has 2 heterocycles. The van der Waals surface area contributed by atoms with E-state index in [9.17, 15) is 0 Å². The summed E-state index contributed by atoms with van der Waals surface area (Å²) in [6, 6.07) is 18.5. The molecule has 4 rings (SSSR count). The fourth-order valence-corrected chi connectivity index (χ4v) is 3.38. The highest BCUT2D eigenvalue weighted by Gasteiger charge is 2.09. The Hall–Kier alpha value is -3.14. The maximum atomic E-state index is 8.11. The number of hydrogen-bond donors (Lipinski definition) is 1. The summed E-state index contributed by atoms with van der Waals surface area (Å²) in [4.78, 5) is 4.46. The summed E-state index contributed by atoms with van der Waals surface area (Å²) in [5.74, 6) is 0.783. The maximum absolute atomic E-state index is 8.11. The summed E-state index contributed by atoms with van der Waals surface area (Å²) in [5, 5.41) is 8.11. The second-order valence-corrected chi connectivity index (χ2v) is 6.48. The molecule has 0 aliphatic heterocycles. The van der Waals surface area contributed by atoms with Crippen molar-refractivity contribution < 1.29 is 0 Å². The molecule has 4 nitrogen and oxygen atoms in total.